The van der Waals surface area contributed by atoms with Gasteiger partial charge in [-0.25, -0.2) is 0 Å². The summed E-state index contributed by atoms with van der Waals surface area (Å²) in [6.07, 6.45) is -1.62. The van der Waals surface area contributed by atoms with Gasteiger partial charge in [-0.3, -0.25) is 0 Å². The maximum Gasteiger partial charge on any atom is 0.573 e. The number of nitrogens with zero attached hydrogens (tertiary/aromatic N) is 1. The summed E-state index contributed by atoms with van der Waals surface area (Å²) in [7, 11) is 0. The summed E-state index contributed by atoms with van der Waals surface area (Å²) >= 11 is 0. The van der Waals surface area contributed by atoms with Crippen LogP contribution >= 0.6 is 0 Å². The van der Waals surface area contributed by atoms with E-state index in [1.54, 1.807) is 6.07 Å². The number of para-hydroxylation sites is 1. The zero-order valence-electron chi connectivity index (χ0n) is 9.12. The van der Waals surface area contributed by atoms with E-state index in [0.29, 0.717) is 6.42 Å². The highest BCUT2D eigenvalue weighted by Gasteiger charge is 2.31. The maximum atomic E-state index is 12.1. The van der Waals surface area contributed by atoms with Crippen LogP contribution in [0.5, 0.6) is 5.75 Å². The average molecular weight is 246 g/mol. The molecular formula is C11H11F3NO2. The Morgan fingerprint density at radius 2 is 2.00 bits per heavy atom. The minimum absolute atomic E-state index is 0.0980. The van der Waals surface area contributed by atoms with Crippen LogP contribution in [-0.4, -0.2) is 12.6 Å². The molecular weight excluding hydrogens is 235 g/mol. The molecule has 1 radical (unpaired) electrons. The fourth-order valence-electron chi connectivity index (χ4n) is 1.06. The molecule has 0 atom stereocenters. The van der Waals surface area contributed by atoms with Crippen LogP contribution in [0.1, 0.15) is 18.9 Å². The molecule has 0 amide bonds. The lowest BCUT2D eigenvalue weighted by molar-refractivity contribution is -0.275. The average Bonchev–Trinajstić information content (AvgIpc) is 2.24. The summed E-state index contributed by atoms with van der Waals surface area (Å²) in [5, 5.41) is 3.44. The van der Waals surface area contributed by atoms with Crippen LogP contribution in [-0.2, 0) is 11.4 Å². The fourth-order valence-corrected chi connectivity index (χ4v) is 1.06. The van der Waals surface area contributed by atoms with Crippen molar-refractivity contribution in [3.63, 3.8) is 0 Å². The van der Waals surface area contributed by atoms with Crippen LogP contribution < -0.4 is 4.74 Å². The summed E-state index contributed by atoms with van der Waals surface area (Å²) in [6, 6.07) is 5.74. The van der Waals surface area contributed by atoms with Gasteiger partial charge in [0.2, 0.25) is 0 Å². The number of benzene rings is 1. The normalized spacial score (nSPS) is 11.8. The van der Waals surface area contributed by atoms with Gasteiger partial charge in [-0.15, -0.1) is 13.2 Å². The van der Waals surface area contributed by atoms with Crippen molar-refractivity contribution >= 4 is 6.21 Å². The van der Waals surface area contributed by atoms with Crippen LogP contribution in [0.25, 0.3) is 0 Å². The second-order valence-electron chi connectivity index (χ2n) is 3.03. The van der Waals surface area contributed by atoms with Gasteiger partial charge in [-0.1, -0.05) is 30.3 Å². The topological polar surface area (TPSA) is 30.8 Å². The minimum Gasteiger partial charge on any atom is -0.405 e. The third kappa shape index (κ3) is 5.24. The van der Waals surface area contributed by atoms with Crippen molar-refractivity contribution in [1.82, 2.24) is 0 Å². The molecule has 3 nitrogen and oxygen atoms in total. The molecule has 0 aliphatic carbocycles. The molecule has 0 aliphatic rings. The Bertz CT molecular complexity index is 377. The van der Waals surface area contributed by atoms with E-state index in [9.17, 15) is 13.2 Å². The first kappa shape index (κ1) is 13.3. The van der Waals surface area contributed by atoms with E-state index >= 15 is 0 Å². The van der Waals surface area contributed by atoms with E-state index in [0.717, 1.165) is 0 Å². The van der Waals surface area contributed by atoms with Crippen molar-refractivity contribution in [2.75, 3.05) is 0 Å². The van der Waals surface area contributed by atoms with E-state index in [1.165, 1.54) is 18.2 Å². The highest BCUT2D eigenvalue weighted by Crippen LogP contribution is 2.26. The SMILES string of the molecule is CC/[C]=N\OCc1ccccc1OC(F)(F)F. The summed E-state index contributed by atoms with van der Waals surface area (Å²) in [5.41, 5.74) is 0.270. The van der Waals surface area contributed by atoms with Gasteiger partial charge in [-0.05, 0) is 12.5 Å². The van der Waals surface area contributed by atoms with Crippen molar-refractivity contribution in [3.8, 4) is 5.75 Å². The van der Waals surface area contributed by atoms with Gasteiger partial charge < -0.3 is 9.57 Å². The predicted octanol–water partition coefficient (Wildman–Crippen LogP) is 3.37. The fraction of sp³-hybridized carbons (Fsp3) is 0.364. The van der Waals surface area contributed by atoms with Crippen LogP contribution in [0, 0.1) is 0 Å². The molecule has 1 aromatic carbocycles. The van der Waals surface area contributed by atoms with E-state index in [1.807, 2.05) is 6.92 Å². The molecule has 1 rings (SSSR count). The largest absolute Gasteiger partial charge is 0.573 e. The van der Waals surface area contributed by atoms with E-state index in [-0.39, 0.29) is 17.9 Å². The molecule has 0 bridgehead atoms. The standard InChI is InChI=1S/C11H11F3NO2/c1-2-7-15-16-8-9-5-3-4-6-10(9)17-11(12,13)14/h3-6H,2,8H2,1H3. The van der Waals surface area contributed by atoms with Crippen molar-refractivity contribution in [2.45, 2.75) is 26.3 Å². The smallest absolute Gasteiger partial charge is 0.405 e. The lowest BCUT2D eigenvalue weighted by Crippen LogP contribution is -2.18. The van der Waals surface area contributed by atoms with E-state index < -0.39 is 6.36 Å². The summed E-state index contributed by atoms with van der Waals surface area (Å²) < 4.78 is 40.0. The highest BCUT2D eigenvalue weighted by molar-refractivity contribution is 5.55. The second-order valence-corrected chi connectivity index (χ2v) is 3.03. The second kappa shape index (κ2) is 6.12. The quantitative estimate of drug-likeness (QED) is 0.589. The van der Waals surface area contributed by atoms with Gasteiger partial charge in [0.1, 0.15) is 18.6 Å². The molecule has 93 valence electrons. The molecule has 0 fully saturated rings. The molecule has 0 unspecified atom stereocenters. The Hall–Kier alpha value is -1.72. The van der Waals surface area contributed by atoms with Crippen LogP contribution in [0.4, 0.5) is 13.2 Å². The lowest BCUT2D eigenvalue weighted by atomic mass is 10.2. The van der Waals surface area contributed by atoms with Gasteiger partial charge in [0.25, 0.3) is 0 Å². The Morgan fingerprint density at radius 3 is 2.65 bits per heavy atom. The van der Waals surface area contributed by atoms with Crippen LogP contribution in [0.15, 0.2) is 29.4 Å². The minimum atomic E-state index is -4.71. The molecule has 0 saturated heterocycles. The van der Waals surface area contributed by atoms with Crippen molar-refractivity contribution in [3.05, 3.63) is 29.8 Å². The molecule has 0 heterocycles. The molecule has 0 saturated carbocycles. The Labute approximate surface area is 96.8 Å². The van der Waals surface area contributed by atoms with E-state index in [2.05, 4.69) is 16.1 Å². The Balaban J connectivity index is 2.67. The van der Waals surface area contributed by atoms with Gasteiger partial charge in [0.15, 0.2) is 0 Å². The molecule has 6 heteroatoms. The third-order valence-corrected chi connectivity index (χ3v) is 1.71. The number of alkyl halides is 3. The molecule has 0 aliphatic heterocycles. The lowest BCUT2D eigenvalue weighted by Gasteiger charge is -2.12. The van der Waals surface area contributed by atoms with Crippen molar-refractivity contribution < 1.29 is 22.7 Å². The van der Waals surface area contributed by atoms with Gasteiger partial charge in [0.05, 0.1) is 0 Å². The summed E-state index contributed by atoms with van der Waals surface area (Å²) in [6.45, 7) is 1.72. The van der Waals surface area contributed by atoms with E-state index in [4.69, 9.17) is 4.84 Å². The number of rotatable bonds is 5. The first-order valence-corrected chi connectivity index (χ1v) is 4.91. The molecule has 0 spiro atoms. The number of ether oxygens (including phenoxy) is 1. The number of halogens is 3. The van der Waals surface area contributed by atoms with Crippen LogP contribution in [0.3, 0.4) is 0 Å². The first-order chi connectivity index (χ1) is 8.03. The zero-order chi connectivity index (χ0) is 12.7. The van der Waals surface area contributed by atoms with Gasteiger partial charge >= 0.3 is 6.36 Å². The summed E-state index contributed by atoms with van der Waals surface area (Å²) in [4.78, 5) is 4.78. The van der Waals surface area contributed by atoms with Gasteiger partial charge in [-0.2, -0.15) is 0 Å². The van der Waals surface area contributed by atoms with Crippen molar-refractivity contribution in [2.24, 2.45) is 5.16 Å². The Kier molecular flexibility index (Phi) is 4.81. The summed E-state index contributed by atoms with van der Waals surface area (Å²) in [5.74, 6) is -0.285. The third-order valence-electron chi connectivity index (χ3n) is 1.71. The molecule has 17 heavy (non-hydrogen) atoms. The maximum absolute atomic E-state index is 12.1. The number of hydrogen-bond acceptors (Lipinski definition) is 3. The predicted molar refractivity (Wildman–Crippen MR) is 55.6 cm³/mol. The van der Waals surface area contributed by atoms with Crippen LogP contribution in [0.2, 0.25) is 0 Å². The molecule has 1 aromatic rings. The van der Waals surface area contributed by atoms with Gasteiger partial charge in [0, 0.05) is 5.56 Å². The number of hydrogen-bond donors (Lipinski definition) is 0. The Morgan fingerprint density at radius 1 is 1.29 bits per heavy atom. The molecule has 0 N–H and O–H groups in total. The monoisotopic (exact) mass is 246 g/mol. The highest BCUT2D eigenvalue weighted by atomic mass is 19.4. The molecule has 0 aromatic heterocycles. The van der Waals surface area contributed by atoms with Crippen molar-refractivity contribution in [1.29, 1.82) is 0 Å². The zero-order valence-corrected chi connectivity index (χ0v) is 9.12. The first-order valence-electron chi connectivity index (χ1n) is 4.91.